The molecule has 0 aromatic heterocycles. The number of halogens is 1. The van der Waals surface area contributed by atoms with E-state index in [1.165, 1.54) is 11.1 Å². The Labute approximate surface area is 169 Å². The Kier molecular flexibility index (Phi) is 11.1. The maximum Gasteiger partial charge on any atom is 0.193 e. The molecule has 1 aromatic carbocycles. The van der Waals surface area contributed by atoms with Crippen molar-refractivity contribution >= 4 is 29.9 Å². The zero-order valence-electron chi connectivity index (χ0n) is 15.7. The van der Waals surface area contributed by atoms with Crippen LogP contribution in [-0.4, -0.2) is 57.9 Å². The van der Waals surface area contributed by atoms with Crippen molar-refractivity contribution in [3.8, 4) is 0 Å². The number of rotatable bonds is 8. The van der Waals surface area contributed by atoms with Crippen LogP contribution >= 0.6 is 24.0 Å². The number of hydrogen-bond donors (Lipinski definition) is 1. The third-order valence-electron chi connectivity index (χ3n) is 4.24. The molecule has 1 saturated heterocycles. The molecule has 1 unspecified atom stereocenters. The number of ether oxygens (including phenoxy) is 2. The third kappa shape index (κ3) is 8.37. The lowest BCUT2D eigenvalue weighted by Crippen LogP contribution is -2.39. The molecule has 5 nitrogen and oxygen atoms in total. The molecule has 1 N–H and O–H groups in total. The summed E-state index contributed by atoms with van der Waals surface area (Å²) in [5, 5.41) is 3.40. The fraction of sp³-hybridized carbons (Fsp3) is 0.632. The normalized spacial score (nSPS) is 17.2. The van der Waals surface area contributed by atoms with Crippen molar-refractivity contribution in [1.29, 1.82) is 0 Å². The predicted octanol–water partition coefficient (Wildman–Crippen LogP) is 3.06. The van der Waals surface area contributed by atoms with Gasteiger partial charge in [0.2, 0.25) is 0 Å². The fourth-order valence-corrected chi connectivity index (χ4v) is 2.77. The Hall–Kier alpha value is -0.860. The van der Waals surface area contributed by atoms with Crippen LogP contribution in [0, 0.1) is 12.8 Å². The number of nitrogens with one attached hydrogen (secondary N) is 1. The number of aliphatic imine (C=N–C) groups is 1. The third-order valence-corrected chi connectivity index (χ3v) is 4.24. The lowest BCUT2D eigenvalue weighted by Gasteiger charge is -2.22. The molecule has 0 spiro atoms. The molecular formula is C19H32IN3O2. The summed E-state index contributed by atoms with van der Waals surface area (Å²) in [4.78, 5) is 6.50. The second kappa shape index (κ2) is 12.5. The minimum atomic E-state index is 0. The molecule has 6 heteroatoms. The van der Waals surface area contributed by atoms with Crippen molar-refractivity contribution in [2.45, 2.75) is 26.3 Å². The molecule has 0 aliphatic carbocycles. The number of guanidine groups is 1. The van der Waals surface area contributed by atoms with Crippen LogP contribution in [0.25, 0.3) is 0 Å². The molecule has 1 aromatic rings. The molecule has 1 heterocycles. The average molecular weight is 461 g/mol. The van der Waals surface area contributed by atoms with Crippen LogP contribution in [0.2, 0.25) is 0 Å². The van der Waals surface area contributed by atoms with Crippen LogP contribution in [0.15, 0.2) is 29.3 Å². The van der Waals surface area contributed by atoms with E-state index in [9.17, 15) is 0 Å². The Morgan fingerprint density at radius 2 is 2.12 bits per heavy atom. The van der Waals surface area contributed by atoms with Gasteiger partial charge in [-0.2, -0.15) is 0 Å². The van der Waals surface area contributed by atoms with E-state index in [2.05, 4.69) is 53.4 Å². The van der Waals surface area contributed by atoms with Crippen molar-refractivity contribution in [3.63, 3.8) is 0 Å². The molecule has 2 rings (SSSR count). The van der Waals surface area contributed by atoms with Crippen molar-refractivity contribution in [1.82, 2.24) is 10.2 Å². The number of nitrogens with zero attached hydrogens (tertiary/aromatic N) is 2. The van der Waals surface area contributed by atoms with Crippen molar-refractivity contribution in [2.75, 3.05) is 47.1 Å². The molecule has 0 saturated carbocycles. The summed E-state index contributed by atoms with van der Waals surface area (Å²) in [5.41, 5.74) is 2.57. The highest BCUT2D eigenvalue weighted by Gasteiger charge is 2.15. The van der Waals surface area contributed by atoms with Gasteiger partial charge in [-0.05, 0) is 25.3 Å². The van der Waals surface area contributed by atoms with Gasteiger partial charge in [0.05, 0.1) is 13.2 Å². The zero-order valence-corrected chi connectivity index (χ0v) is 18.0. The van der Waals surface area contributed by atoms with Crippen LogP contribution < -0.4 is 5.32 Å². The highest BCUT2D eigenvalue weighted by molar-refractivity contribution is 14.0. The molecule has 1 fully saturated rings. The summed E-state index contributed by atoms with van der Waals surface area (Å²) in [6.07, 6.45) is 2.11. The lowest BCUT2D eigenvalue weighted by molar-refractivity contribution is 0.0887. The number of benzene rings is 1. The van der Waals surface area contributed by atoms with Gasteiger partial charge >= 0.3 is 0 Å². The summed E-state index contributed by atoms with van der Waals surface area (Å²) in [6, 6.07) is 8.62. The second-order valence-electron chi connectivity index (χ2n) is 6.47. The Balaban J connectivity index is 0.00000312. The maximum absolute atomic E-state index is 5.73. The summed E-state index contributed by atoms with van der Waals surface area (Å²) < 4.78 is 11.1. The molecule has 1 aliphatic heterocycles. The predicted molar refractivity (Wildman–Crippen MR) is 114 cm³/mol. The molecule has 0 radical (unpaired) electrons. The summed E-state index contributed by atoms with van der Waals surface area (Å²) >= 11 is 0. The molecule has 1 atom stereocenters. The molecule has 0 bridgehead atoms. The van der Waals surface area contributed by atoms with Crippen LogP contribution in [0.3, 0.4) is 0 Å². The van der Waals surface area contributed by atoms with E-state index < -0.39 is 0 Å². The standard InChI is InChI=1S/C19H31N3O2.HI/c1-16-5-7-17(8-6-16)13-22(3)19(20-2)21-10-4-11-23-14-18-9-12-24-15-18;/h5-8,18H,4,9-15H2,1-3H3,(H,20,21);1H. The first-order chi connectivity index (χ1) is 11.7. The maximum atomic E-state index is 5.73. The highest BCUT2D eigenvalue weighted by atomic mass is 127. The van der Waals surface area contributed by atoms with Gasteiger partial charge in [0.15, 0.2) is 5.96 Å². The summed E-state index contributed by atoms with van der Waals surface area (Å²) in [7, 11) is 3.89. The van der Waals surface area contributed by atoms with Gasteiger partial charge in [-0.1, -0.05) is 29.8 Å². The van der Waals surface area contributed by atoms with Crippen molar-refractivity contribution in [2.24, 2.45) is 10.9 Å². The molecule has 0 amide bonds. The largest absolute Gasteiger partial charge is 0.381 e. The van der Waals surface area contributed by atoms with E-state index in [-0.39, 0.29) is 24.0 Å². The fourth-order valence-electron chi connectivity index (χ4n) is 2.77. The van der Waals surface area contributed by atoms with Crippen LogP contribution in [0.1, 0.15) is 24.0 Å². The zero-order chi connectivity index (χ0) is 17.2. The van der Waals surface area contributed by atoms with E-state index in [1.807, 2.05) is 7.05 Å². The Bertz CT molecular complexity index is 502. The highest BCUT2D eigenvalue weighted by Crippen LogP contribution is 2.12. The van der Waals surface area contributed by atoms with E-state index in [0.29, 0.717) is 5.92 Å². The van der Waals surface area contributed by atoms with Crippen molar-refractivity contribution < 1.29 is 9.47 Å². The van der Waals surface area contributed by atoms with E-state index in [1.54, 1.807) is 0 Å². The minimum absolute atomic E-state index is 0. The average Bonchev–Trinajstić information content (AvgIpc) is 3.09. The minimum Gasteiger partial charge on any atom is -0.381 e. The van der Waals surface area contributed by atoms with Crippen LogP contribution in [0.5, 0.6) is 0 Å². The van der Waals surface area contributed by atoms with E-state index in [0.717, 1.165) is 58.3 Å². The van der Waals surface area contributed by atoms with Gasteiger partial charge in [0, 0.05) is 46.3 Å². The monoisotopic (exact) mass is 461 g/mol. The first-order valence-corrected chi connectivity index (χ1v) is 8.82. The van der Waals surface area contributed by atoms with Gasteiger partial charge in [-0.25, -0.2) is 0 Å². The van der Waals surface area contributed by atoms with Gasteiger partial charge in [0.1, 0.15) is 0 Å². The number of aryl methyl sites for hydroxylation is 1. The van der Waals surface area contributed by atoms with Gasteiger partial charge in [-0.15, -0.1) is 24.0 Å². The topological polar surface area (TPSA) is 46.1 Å². The van der Waals surface area contributed by atoms with Crippen molar-refractivity contribution in [3.05, 3.63) is 35.4 Å². The van der Waals surface area contributed by atoms with E-state index >= 15 is 0 Å². The summed E-state index contributed by atoms with van der Waals surface area (Å²) in [6.45, 7) is 7.16. The smallest absolute Gasteiger partial charge is 0.193 e. The van der Waals surface area contributed by atoms with Gasteiger partial charge in [0.25, 0.3) is 0 Å². The van der Waals surface area contributed by atoms with E-state index in [4.69, 9.17) is 9.47 Å². The molecule has 25 heavy (non-hydrogen) atoms. The summed E-state index contributed by atoms with van der Waals surface area (Å²) in [5.74, 6) is 1.51. The molecule has 142 valence electrons. The van der Waals surface area contributed by atoms with Crippen LogP contribution in [-0.2, 0) is 16.0 Å². The Morgan fingerprint density at radius 3 is 2.76 bits per heavy atom. The second-order valence-corrected chi connectivity index (χ2v) is 6.47. The lowest BCUT2D eigenvalue weighted by atomic mass is 10.1. The number of hydrogen-bond acceptors (Lipinski definition) is 3. The first-order valence-electron chi connectivity index (χ1n) is 8.82. The molecular weight excluding hydrogens is 429 g/mol. The molecule has 1 aliphatic rings. The SMILES string of the molecule is CN=C(NCCCOCC1CCOC1)N(C)Cc1ccc(C)cc1.I. The Morgan fingerprint density at radius 1 is 1.36 bits per heavy atom. The van der Waals surface area contributed by atoms with Gasteiger partial charge < -0.3 is 19.7 Å². The first kappa shape index (κ1) is 22.2. The quantitative estimate of drug-likeness (QED) is 0.280. The van der Waals surface area contributed by atoms with Gasteiger partial charge in [-0.3, -0.25) is 4.99 Å². The van der Waals surface area contributed by atoms with Crippen LogP contribution in [0.4, 0.5) is 0 Å².